The number of aromatic carboxylic acids is 1. The minimum atomic E-state index is -0.991. The van der Waals surface area contributed by atoms with Gasteiger partial charge in [-0.15, -0.1) is 0 Å². The molecule has 0 radical (unpaired) electrons. The van der Waals surface area contributed by atoms with Crippen LogP contribution < -0.4 is 0 Å². The summed E-state index contributed by atoms with van der Waals surface area (Å²) >= 11 is 0. The maximum Gasteiger partial charge on any atom is 0.335 e. The molecule has 21 heavy (non-hydrogen) atoms. The van der Waals surface area contributed by atoms with E-state index in [0.29, 0.717) is 17.5 Å². The number of fused-ring (bicyclic) bond motifs is 1. The minimum Gasteiger partial charge on any atom is -0.478 e. The van der Waals surface area contributed by atoms with Crippen LogP contribution >= 0.6 is 0 Å². The maximum atomic E-state index is 12.2. The molecule has 2 aromatic rings. The first kappa shape index (κ1) is 15.0. The van der Waals surface area contributed by atoms with Crippen molar-refractivity contribution in [2.75, 3.05) is 14.1 Å². The third-order valence-corrected chi connectivity index (χ3v) is 3.51. The number of carboxylic acids is 1. The summed E-state index contributed by atoms with van der Waals surface area (Å²) in [6, 6.07) is 4.36. The van der Waals surface area contributed by atoms with Crippen LogP contribution in [-0.2, 0) is 11.2 Å². The summed E-state index contributed by atoms with van der Waals surface area (Å²) < 4.78 is 1.82. The number of carbonyl (C=O) groups excluding carboxylic acids is 1. The molecule has 1 aromatic carbocycles. The van der Waals surface area contributed by atoms with E-state index in [1.807, 2.05) is 11.5 Å². The van der Waals surface area contributed by atoms with Crippen molar-refractivity contribution in [3.8, 4) is 0 Å². The van der Waals surface area contributed by atoms with Crippen LogP contribution in [0.2, 0.25) is 0 Å². The van der Waals surface area contributed by atoms with E-state index in [-0.39, 0.29) is 11.5 Å². The molecule has 6 heteroatoms. The lowest BCUT2D eigenvalue weighted by atomic mass is 10.2. The highest BCUT2D eigenvalue weighted by molar-refractivity contribution is 5.93. The number of aromatic nitrogens is 2. The van der Waals surface area contributed by atoms with Crippen molar-refractivity contribution in [3.63, 3.8) is 0 Å². The van der Waals surface area contributed by atoms with Crippen LogP contribution in [0, 0.1) is 0 Å². The lowest BCUT2D eigenvalue weighted by molar-refractivity contribution is -0.131. The second kappa shape index (κ2) is 5.55. The standard InChI is InChI=1S/C15H19N3O3/c1-5-13-16-11-7-6-10(15(20)21)8-12(11)18(13)9(2)14(19)17(3)4/h6-9H,5H2,1-4H3,(H,20,21). The van der Waals surface area contributed by atoms with Crippen LogP contribution in [-0.4, -0.2) is 45.5 Å². The van der Waals surface area contributed by atoms with E-state index in [1.165, 1.54) is 11.0 Å². The molecule has 0 spiro atoms. The Balaban J connectivity index is 2.66. The Bertz CT molecular complexity index is 703. The van der Waals surface area contributed by atoms with Crippen LogP contribution in [0.25, 0.3) is 11.0 Å². The lowest BCUT2D eigenvalue weighted by Crippen LogP contribution is -2.30. The molecule has 1 aromatic heterocycles. The van der Waals surface area contributed by atoms with Crippen LogP contribution in [0.3, 0.4) is 0 Å². The summed E-state index contributed by atoms with van der Waals surface area (Å²) in [4.78, 5) is 29.4. The van der Waals surface area contributed by atoms with Gasteiger partial charge < -0.3 is 14.6 Å². The number of carboxylic acid groups (broad SMARTS) is 1. The van der Waals surface area contributed by atoms with E-state index in [2.05, 4.69) is 4.98 Å². The fourth-order valence-electron chi connectivity index (χ4n) is 2.44. The van der Waals surface area contributed by atoms with Gasteiger partial charge >= 0.3 is 5.97 Å². The third kappa shape index (κ3) is 2.61. The summed E-state index contributed by atoms with van der Waals surface area (Å²) in [5, 5.41) is 9.13. The molecule has 0 bridgehead atoms. The van der Waals surface area contributed by atoms with Crippen molar-refractivity contribution < 1.29 is 14.7 Å². The first-order valence-corrected chi connectivity index (χ1v) is 6.82. The molecule has 0 saturated heterocycles. The number of amides is 1. The minimum absolute atomic E-state index is 0.0512. The van der Waals surface area contributed by atoms with E-state index >= 15 is 0 Å². The number of likely N-dealkylation sites (N-methyl/N-ethyl adjacent to an activating group) is 1. The zero-order valence-corrected chi connectivity index (χ0v) is 12.6. The monoisotopic (exact) mass is 289 g/mol. The van der Waals surface area contributed by atoms with Crippen molar-refractivity contribution in [1.29, 1.82) is 0 Å². The van der Waals surface area contributed by atoms with Gasteiger partial charge in [0.05, 0.1) is 16.6 Å². The number of rotatable bonds is 4. The Hall–Kier alpha value is -2.37. The zero-order valence-electron chi connectivity index (χ0n) is 12.6. The first-order valence-electron chi connectivity index (χ1n) is 6.82. The molecule has 1 heterocycles. The highest BCUT2D eigenvalue weighted by Gasteiger charge is 2.22. The molecular formula is C15H19N3O3. The fraction of sp³-hybridized carbons (Fsp3) is 0.400. The van der Waals surface area contributed by atoms with Gasteiger partial charge in [-0.2, -0.15) is 0 Å². The maximum absolute atomic E-state index is 12.2. The van der Waals surface area contributed by atoms with Gasteiger partial charge in [-0.1, -0.05) is 6.92 Å². The molecule has 1 amide bonds. The van der Waals surface area contributed by atoms with Crippen molar-refractivity contribution in [2.24, 2.45) is 0 Å². The van der Waals surface area contributed by atoms with E-state index in [1.54, 1.807) is 33.2 Å². The van der Waals surface area contributed by atoms with E-state index in [0.717, 1.165) is 5.82 Å². The smallest absolute Gasteiger partial charge is 0.335 e. The summed E-state index contributed by atoms with van der Waals surface area (Å²) in [5.74, 6) is -0.269. The number of hydrogen-bond donors (Lipinski definition) is 1. The van der Waals surface area contributed by atoms with Gasteiger partial charge in [0.25, 0.3) is 0 Å². The van der Waals surface area contributed by atoms with Crippen LogP contribution in [0.15, 0.2) is 18.2 Å². The van der Waals surface area contributed by atoms with Crippen molar-refractivity contribution in [1.82, 2.24) is 14.5 Å². The van der Waals surface area contributed by atoms with Crippen molar-refractivity contribution in [3.05, 3.63) is 29.6 Å². The van der Waals surface area contributed by atoms with Gasteiger partial charge in [0.15, 0.2) is 0 Å². The number of benzene rings is 1. The Labute approximate surface area is 123 Å². The summed E-state index contributed by atoms with van der Waals surface area (Å²) in [7, 11) is 3.40. The third-order valence-electron chi connectivity index (χ3n) is 3.51. The zero-order chi connectivity index (χ0) is 15.7. The number of nitrogens with zero attached hydrogens (tertiary/aromatic N) is 3. The summed E-state index contributed by atoms with van der Waals surface area (Å²) in [6.45, 7) is 3.76. The Morgan fingerprint density at radius 1 is 1.38 bits per heavy atom. The molecule has 1 unspecified atom stereocenters. The predicted octanol–water partition coefficient (Wildman–Crippen LogP) is 1.95. The van der Waals surface area contributed by atoms with Crippen molar-refractivity contribution in [2.45, 2.75) is 26.3 Å². The number of carbonyl (C=O) groups is 2. The van der Waals surface area contributed by atoms with E-state index < -0.39 is 12.0 Å². The summed E-state index contributed by atoms with van der Waals surface area (Å²) in [6.07, 6.45) is 0.669. The molecular weight excluding hydrogens is 270 g/mol. The Morgan fingerprint density at radius 2 is 2.05 bits per heavy atom. The number of hydrogen-bond acceptors (Lipinski definition) is 3. The molecule has 0 fully saturated rings. The Kier molecular flexibility index (Phi) is 3.97. The molecule has 0 aliphatic carbocycles. The largest absolute Gasteiger partial charge is 0.478 e. The lowest BCUT2D eigenvalue weighted by Gasteiger charge is -2.20. The Morgan fingerprint density at radius 3 is 2.57 bits per heavy atom. The van der Waals surface area contributed by atoms with Gasteiger partial charge in [-0.3, -0.25) is 4.79 Å². The molecule has 6 nitrogen and oxygen atoms in total. The molecule has 112 valence electrons. The average molecular weight is 289 g/mol. The van der Waals surface area contributed by atoms with Gasteiger partial charge in [-0.25, -0.2) is 9.78 Å². The molecule has 0 aliphatic heterocycles. The van der Waals surface area contributed by atoms with Crippen LogP contribution in [0.1, 0.15) is 36.1 Å². The SMILES string of the molecule is CCc1nc2ccc(C(=O)O)cc2n1C(C)C(=O)N(C)C. The molecule has 0 aliphatic rings. The average Bonchev–Trinajstić information content (AvgIpc) is 2.82. The number of aryl methyl sites for hydroxylation is 1. The second-order valence-corrected chi connectivity index (χ2v) is 5.17. The van der Waals surface area contributed by atoms with E-state index in [4.69, 9.17) is 5.11 Å². The van der Waals surface area contributed by atoms with E-state index in [9.17, 15) is 9.59 Å². The van der Waals surface area contributed by atoms with Gasteiger partial charge in [-0.05, 0) is 25.1 Å². The normalized spacial score (nSPS) is 12.4. The van der Waals surface area contributed by atoms with Gasteiger partial charge in [0.2, 0.25) is 5.91 Å². The quantitative estimate of drug-likeness (QED) is 0.933. The van der Waals surface area contributed by atoms with Crippen LogP contribution in [0.4, 0.5) is 0 Å². The van der Waals surface area contributed by atoms with Gasteiger partial charge in [0, 0.05) is 20.5 Å². The van der Waals surface area contributed by atoms with Gasteiger partial charge in [0.1, 0.15) is 11.9 Å². The molecule has 1 N–H and O–H groups in total. The van der Waals surface area contributed by atoms with Crippen molar-refractivity contribution >= 4 is 22.9 Å². The predicted molar refractivity (Wildman–Crippen MR) is 79.5 cm³/mol. The summed E-state index contributed by atoms with van der Waals surface area (Å²) in [5.41, 5.74) is 1.57. The fourth-order valence-corrected chi connectivity index (χ4v) is 2.44. The highest BCUT2D eigenvalue weighted by atomic mass is 16.4. The molecule has 0 saturated carbocycles. The topological polar surface area (TPSA) is 75.4 Å². The first-order chi connectivity index (χ1) is 9.86. The highest BCUT2D eigenvalue weighted by Crippen LogP contribution is 2.24. The number of imidazole rings is 1. The molecule has 1 atom stereocenters. The second-order valence-electron chi connectivity index (χ2n) is 5.17. The molecule has 2 rings (SSSR count). The van der Waals surface area contributed by atoms with Crippen LogP contribution in [0.5, 0.6) is 0 Å².